The lowest BCUT2D eigenvalue weighted by Gasteiger charge is -2.27. The van der Waals surface area contributed by atoms with Crippen molar-refractivity contribution in [3.63, 3.8) is 0 Å². The van der Waals surface area contributed by atoms with Crippen LogP contribution in [0.4, 0.5) is 20.2 Å². The zero-order valence-electron chi connectivity index (χ0n) is 11.5. The van der Waals surface area contributed by atoms with Crippen LogP contribution < -0.4 is 5.32 Å². The van der Waals surface area contributed by atoms with Gasteiger partial charge in [-0.1, -0.05) is 27.7 Å². The van der Waals surface area contributed by atoms with Gasteiger partial charge in [0.15, 0.2) is 11.6 Å². The molecule has 19 heavy (non-hydrogen) atoms. The Balaban J connectivity index is 2.88. The molecule has 0 spiro atoms. The van der Waals surface area contributed by atoms with E-state index in [0.717, 1.165) is 0 Å². The predicted molar refractivity (Wildman–Crippen MR) is 70.1 cm³/mol. The summed E-state index contributed by atoms with van der Waals surface area (Å²) >= 11 is 0. The number of rotatable bonds is 4. The van der Waals surface area contributed by atoms with E-state index >= 15 is 0 Å². The lowest BCUT2D eigenvalue weighted by Crippen LogP contribution is -2.25. The topological polar surface area (TPSA) is 55.2 Å². The minimum absolute atomic E-state index is 0.000724. The first-order valence-electron chi connectivity index (χ1n) is 6.00. The van der Waals surface area contributed by atoms with Gasteiger partial charge < -0.3 is 5.32 Å². The van der Waals surface area contributed by atoms with Crippen molar-refractivity contribution in [1.82, 2.24) is 0 Å². The third kappa shape index (κ3) is 3.87. The molecule has 0 amide bonds. The van der Waals surface area contributed by atoms with Gasteiger partial charge in [0.1, 0.15) is 5.69 Å². The molecule has 1 aromatic carbocycles. The van der Waals surface area contributed by atoms with Crippen LogP contribution in [0.1, 0.15) is 27.7 Å². The summed E-state index contributed by atoms with van der Waals surface area (Å²) in [5, 5.41) is 13.1. The third-order valence-corrected chi connectivity index (χ3v) is 3.30. The Labute approximate surface area is 111 Å². The van der Waals surface area contributed by atoms with E-state index in [0.29, 0.717) is 18.7 Å². The summed E-state index contributed by atoms with van der Waals surface area (Å²) in [6.07, 6.45) is 0. The highest BCUT2D eigenvalue weighted by Crippen LogP contribution is 2.28. The molecule has 1 aromatic rings. The molecule has 0 aliphatic rings. The average Bonchev–Trinajstić information content (AvgIpc) is 2.25. The molecule has 0 bridgehead atoms. The lowest BCUT2D eigenvalue weighted by molar-refractivity contribution is -0.385. The van der Waals surface area contributed by atoms with E-state index in [1.807, 2.05) is 27.7 Å². The highest BCUT2D eigenvalue weighted by Gasteiger charge is 2.22. The summed E-state index contributed by atoms with van der Waals surface area (Å²) in [5.41, 5.74) is -0.910. The number of nitrogens with zero attached hydrogens (tertiary/aromatic N) is 1. The van der Waals surface area contributed by atoms with Gasteiger partial charge in [-0.05, 0) is 11.3 Å². The van der Waals surface area contributed by atoms with Crippen molar-refractivity contribution in [3.05, 3.63) is 33.9 Å². The molecule has 4 nitrogen and oxygen atoms in total. The molecule has 0 heterocycles. The summed E-state index contributed by atoms with van der Waals surface area (Å²) in [6.45, 7) is 8.44. The highest BCUT2D eigenvalue weighted by molar-refractivity contribution is 5.51. The van der Waals surface area contributed by atoms with Gasteiger partial charge in [0.2, 0.25) is 0 Å². The van der Waals surface area contributed by atoms with Crippen molar-refractivity contribution in [2.24, 2.45) is 11.3 Å². The fourth-order valence-electron chi connectivity index (χ4n) is 1.40. The predicted octanol–water partition coefficient (Wildman–Crippen LogP) is 3.97. The van der Waals surface area contributed by atoms with E-state index < -0.39 is 22.2 Å². The average molecular weight is 272 g/mol. The van der Waals surface area contributed by atoms with Gasteiger partial charge in [-0.3, -0.25) is 10.1 Å². The smallest absolute Gasteiger partial charge is 0.275 e. The molecule has 6 heteroatoms. The maximum atomic E-state index is 13.6. The summed E-state index contributed by atoms with van der Waals surface area (Å²) < 4.78 is 27.2. The number of hydrogen-bond donors (Lipinski definition) is 1. The molecule has 1 unspecified atom stereocenters. The van der Waals surface area contributed by atoms with E-state index in [1.165, 1.54) is 0 Å². The molecule has 0 saturated heterocycles. The molecule has 0 radical (unpaired) electrons. The minimum Gasteiger partial charge on any atom is -0.380 e. The van der Waals surface area contributed by atoms with Gasteiger partial charge >= 0.3 is 0 Å². The van der Waals surface area contributed by atoms with Crippen LogP contribution in [-0.2, 0) is 0 Å². The summed E-state index contributed by atoms with van der Waals surface area (Å²) in [4.78, 5) is 9.64. The Bertz CT molecular complexity index is 461. The summed E-state index contributed by atoms with van der Waals surface area (Å²) in [5.74, 6) is -1.72. The number of nitro benzene ring substituents is 1. The molecule has 1 N–H and O–H groups in total. The van der Waals surface area contributed by atoms with E-state index in [2.05, 4.69) is 5.32 Å². The molecule has 1 rings (SSSR count). The minimum atomic E-state index is -0.951. The molecule has 0 aliphatic carbocycles. The van der Waals surface area contributed by atoms with Crippen molar-refractivity contribution < 1.29 is 13.7 Å². The maximum Gasteiger partial charge on any atom is 0.275 e. The van der Waals surface area contributed by atoms with Crippen molar-refractivity contribution in [1.29, 1.82) is 0 Å². The second-order valence-electron chi connectivity index (χ2n) is 5.69. The number of hydrogen-bond acceptors (Lipinski definition) is 3. The van der Waals surface area contributed by atoms with Crippen LogP contribution in [0.3, 0.4) is 0 Å². The maximum absolute atomic E-state index is 13.6. The normalized spacial score (nSPS) is 13.2. The third-order valence-electron chi connectivity index (χ3n) is 3.30. The number of anilines is 1. The number of halogens is 2. The van der Waals surface area contributed by atoms with Crippen LogP contribution in [0.25, 0.3) is 0 Å². The van der Waals surface area contributed by atoms with Crippen molar-refractivity contribution in [2.45, 2.75) is 27.7 Å². The molecule has 0 saturated carbocycles. The Morgan fingerprint density at radius 2 is 1.79 bits per heavy atom. The van der Waals surface area contributed by atoms with Gasteiger partial charge in [0, 0.05) is 6.54 Å². The largest absolute Gasteiger partial charge is 0.380 e. The Morgan fingerprint density at radius 1 is 1.32 bits per heavy atom. The van der Waals surface area contributed by atoms with Gasteiger partial charge in [-0.2, -0.15) is 0 Å². The lowest BCUT2D eigenvalue weighted by atomic mass is 9.82. The van der Waals surface area contributed by atoms with Crippen LogP contribution in [0.15, 0.2) is 12.1 Å². The van der Waals surface area contributed by atoms with Crippen molar-refractivity contribution in [2.75, 3.05) is 11.9 Å². The second kappa shape index (κ2) is 5.50. The molecule has 0 fully saturated rings. The molecule has 0 aliphatic heterocycles. The quantitative estimate of drug-likeness (QED) is 0.666. The van der Waals surface area contributed by atoms with E-state index in [-0.39, 0.29) is 17.0 Å². The van der Waals surface area contributed by atoms with Crippen molar-refractivity contribution in [3.8, 4) is 0 Å². The van der Waals surface area contributed by atoms with Gasteiger partial charge in [-0.25, -0.2) is 8.78 Å². The number of nitro groups is 1. The zero-order valence-corrected chi connectivity index (χ0v) is 11.5. The first-order chi connectivity index (χ1) is 8.62. The second-order valence-corrected chi connectivity index (χ2v) is 5.69. The molecule has 0 aromatic heterocycles. The van der Waals surface area contributed by atoms with Crippen LogP contribution in [0.2, 0.25) is 0 Å². The summed E-state index contributed by atoms with van der Waals surface area (Å²) in [6, 6.07) is 1.43. The Hall–Kier alpha value is -1.72. The number of nitrogens with one attached hydrogen (secondary N) is 1. The fraction of sp³-hybridized carbons (Fsp3) is 0.538. The molecular formula is C13H18F2N2O2. The van der Waals surface area contributed by atoms with Crippen molar-refractivity contribution >= 4 is 11.4 Å². The van der Waals surface area contributed by atoms with Gasteiger partial charge in [-0.15, -0.1) is 0 Å². The van der Waals surface area contributed by atoms with Crippen LogP contribution in [-0.4, -0.2) is 11.5 Å². The van der Waals surface area contributed by atoms with Gasteiger partial charge in [0.05, 0.1) is 17.1 Å². The van der Waals surface area contributed by atoms with E-state index in [1.54, 1.807) is 0 Å². The summed E-state index contributed by atoms with van der Waals surface area (Å²) in [7, 11) is 0. The first kappa shape index (κ1) is 15.3. The fourth-order valence-corrected chi connectivity index (χ4v) is 1.40. The van der Waals surface area contributed by atoms with Crippen LogP contribution in [0.5, 0.6) is 0 Å². The van der Waals surface area contributed by atoms with Crippen LogP contribution >= 0.6 is 0 Å². The highest BCUT2D eigenvalue weighted by atomic mass is 19.1. The monoisotopic (exact) mass is 272 g/mol. The van der Waals surface area contributed by atoms with E-state index in [4.69, 9.17) is 0 Å². The number of benzene rings is 1. The van der Waals surface area contributed by atoms with Gasteiger partial charge in [0.25, 0.3) is 5.69 Å². The first-order valence-corrected chi connectivity index (χ1v) is 6.00. The zero-order chi connectivity index (χ0) is 14.8. The Morgan fingerprint density at radius 3 is 2.16 bits per heavy atom. The molecular weight excluding hydrogens is 254 g/mol. The molecule has 106 valence electrons. The van der Waals surface area contributed by atoms with Crippen LogP contribution in [0, 0.1) is 33.1 Å². The SMILES string of the molecule is CC(CNc1c(F)cc([N+](=O)[O-])cc1F)C(C)(C)C. The van der Waals surface area contributed by atoms with E-state index in [9.17, 15) is 18.9 Å². The Kier molecular flexibility index (Phi) is 4.44. The number of non-ortho nitro benzene ring substituents is 1. The standard InChI is InChI=1S/C13H18F2N2O2/c1-8(13(2,3)4)7-16-12-10(14)5-9(17(18)19)6-11(12)15/h5-6,8,16H,7H2,1-4H3. The molecule has 1 atom stereocenters.